The Hall–Kier alpha value is -5.36. The number of hydrogen-bond donors (Lipinski definition) is 1. The average molecular weight is 594 g/mol. The smallest absolute Gasteiger partial charge is 0.203 e. The lowest BCUT2D eigenvalue weighted by Gasteiger charge is -2.17. The van der Waals surface area contributed by atoms with E-state index in [-0.39, 0.29) is 33.7 Å². The van der Waals surface area contributed by atoms with Gasteiger partial charge in [-0.25, -0.2) is 23.4 Å². The topological polar surface area (TPSA) is 126 Å². The maximum Gasteiger partial charge on any atom is 0.203 e. The fraction of sp³-hybridized carbons (Fsp3) is 0.0968. The van der Waals surface area contributed by atoms with Crippen molar-refractivity contribution in [2.24, 2.45) is 0 Å². The molecule has 4 heterocycles. The predicted octanol–water partition coefficient (Wildman–Crippen LogP) is 6.56. The Kier molecular flexibility index (Phi) is 6.28. The fourth-order valence-corrected chi connectivity index (χ4v) is 5.89. The van der Waals surface area contributed by atoms with Gasteiger partial charge in [0.25, 0.3) is 0 Å². The normalized spacial score (nSPS) is 12.3. The van der Waals surface area contributed by atoms with Crippen LogP contribution in [0.2, 0.25) is 0 Å². The van der Waals surface area contributed by atoms with Crippen molar-refractivity contribution in [3.63, 3.8) is 0 Å². The number of nitrogens with zero attached hydrogens (tertiary/aromatic N) is 6. The Balaban J connectivity index is 1.44. The van der Waals surface area contributed by atoms with Crippen molar-refractivity contribution in [2.75, 3.05) is 5.73 Å². The molecule has 0 saturated carbocycles. The molecule has 7 rings (SSSR count). The Morgan fingerprint density at radius 1 is 0.930 bits per heavy atom. The molecular formula is C31H21F2N7O2S. The van der Waals surface area contributed by atoms with Crippen LogP contribution < -0.4 is 11.2 Å². The van der Waals surface area contributed by atoms with E-state index in [1.807, 2.05) is 31.2 Å². The SMILES string of the molecule is Cc1nnc(-c2ccc(-c3nn(C(C)c4oc5cccc(F)c5c(=O)c4-c4cccc(F)c4)c4ncnc(N)c34)cc2)s1. The number of benzene rings is 3. The van der Waals surface area contributed by atoms with Gasteiger partial charge in [-0.05, 0) is 43.7 Å². The number of nitrogen functional groups attached to an aromatic ring is 1. The first-order valence-electron chi connectivity index (χ1n) is 13.2. The molecule has 2 N–H and O–H groups in total. The molecule has 0 spiro atoms. The molecule has 0 aliphatic rings. The molecule has 12 heteroatoms. The minimum Gasteiger partial charge on any atom is -0.458 e. The van der Waals surface area contributed by atoms with Crippen LogP contribution in [0, 0.1) is 18.6 Å². The molecule has 1 unspecified atom stereocenters. The molecule has 0 saturated heterocycles. The fourth-order valence-electron chi connectivity index (χ4n) is 5.19. The highest BCUT2D eigenvalue weighted by molar-refractivity contribution is 7.14. The second kappa shape index (κ2) is 10.2. The molecule has 9 nitrogen and oxygen atoms in total. The molecule has 4 aromatic heterocycles. The van der Waals surface area contributed by atoms with E-state index in [2.05, 4.69) is 20.2 Å². The van der Waals surface area contributed by atoms with Crippen LogP contribution in [0.15, 0.2) is 82.3 Å². The van der Waals surface area contributed by atoms with Crippen molar-refractivity contribution in [3.05, 3.63) is 106 Å². The first kappa shape index (κ1) is 26.5. The summed E-state index contributed by atoms with van der Waals surface area (Å²) >= 11 is 1.49. The summed E-state index contributed by atoms with van der Waals surface area (Å²) in [5, 5.41) is 15.1. The molecule has 0 amide bonds. The third kappa shape index (κ3) is 4.43. The summed E-state index contributed by atoms with van der Waals surface area (Å²) < 4.78 is 37.0. The lowest BCUT2D eigenvalue weighted by Crippen LogP contribution is -2.17. The van der Waals surface area contributed by atoms with Gasteiger partial charge >= 0.3 is 0 Å². The van der Waals surface area contributed by atoms with Gasteiger partial charge in [0.15, 0.2) is 5.65 Å². The van der Waals surface area contributed by atoms with E-state index in [0.717, 1.165) is 21.1 Å². The van der Waals surface area contributed by atoms with Crippen LogP contribution in [-0.2, 0) is 0 Å². The van der Waals surface area contributed by atoms with Gasteiger partial charge in [-0.2, -0.15) is 5.10 Å². The third-order valence-corrected chi connectivity index (χ3v) is 8.09. The lowest BCUT2D eigenvalue weighted by molar-refractivity contribution is 0.445. The molecule has 0 aliphatic heterocycles. The van der Waals surface area contributed by atoms with Gasteiger partial charge in [-0.15, -0.1) is 10.2 Å². The monoisotopic (exact) mass is 593 g/mol. The van der Waals surface area contributed by atoms with E-state index in [0.29, 0.717) is 16.7 Å². The summed E-state index contributed by atoms with van der Waals surface area (Å²) in [4.78, 5) is 22.5. The molecular weight excluding hydrogens is 572 g/mol. The van der Waals surface area contributed by atoms with Gasteiger partial charge in [0.05, 0.1) is 10.9 Å². The molecule has 0 bridgehead atoms. The highest BCUT2D eigenvalue weighted by Gasteiger charge is 2.28. The van der Waals surface area contributed by atoms with Crippen molar-refractivity contribution in [1.82, 2.24) is 29.9 Å². The molecule has 0 fully saturated rings. The lowest BCUT2D eigenvalue weighted by atomic mass is 9.99. The minimum absolute atomic E-state index is 0.0218. The number of aromatic nitrogens is 6. The van der Waals surface area contributed by atoms with Gasteiger partial charge in [0.1, 0.15) is 62.3 Å². The standard InChI is InChI=1S/C31H21F2N7O2S/c1-15(28-23(19-5-3-6-20(32)13-19)27(41)24-21(33)7-4-8-22(24)42-28)40-30-25(29(34)35-14-36-30)26(39-40)17-9-11-18(12-10-17)31-38-37-16(2)43-31/h3-15H,1-2H3,(H2,34,35,36). The minimum atomic E-state index is -0.757. The summed E-state index contributed by atoms with van der Waals surface area (Å²) in [6.45, 7) is 3.66. The van der Waals surface area contributed by atoms with Crippen LogP contribution in [0.4, 0.5) is 14.6 Å². The number of nitrogens with two attached hydrogens (primary N) is 1. The van der Waals surface area contributed by atoms with Crippen LogP contribution >= 0.6 is 11.3 Å². The average Bonchev–Trinajstić information content (AvgIpc) is 3.61. The summed E-state index contributed by atoms with van der Waals surface area (Å²) in [6.07, 6.45) is 1.33. The van der Waals surface area contributed by atoms with E-state index in [9.17, 15) is 13.6 Å². The maximum absolute atomic E-state index is 14.9. The van der Waals surface area contributed by atoms with Crippen LogP contribution in [0.3, 0.4) is 0 Å². The third-order valence-electron chi connectivity index (χ3n) is 7.20. The van der Waals surface area contributed by atoms with Gasteiger partial charge in [-0.3, -0.25) is 4.79 Å². The largest absolute Gasteiger partial charge is 0.458 e. The number of hydrogen-bond acceptors (Lipinski definition) is 9. The molecule has 0 aliphatic carbocycles. The van der Waals surface area contributed by atoms with E-state index in [1.54, 1.807) is 17.7 Å². The van der Waals surface area contributed by atoms with Gasteiger partial charge < -0.3 is 10.2 Å². The Morgan fingerprint density at radius 3 is 2.44 bits per heavy atom. The summed E-state index contributed by atoms with van der Waals surface area (Å²) in [5.74, 6) is -0.912. The molecule has 212 valence electrons. The first-order valence-corrected chi connectivity index (χ1v) is 14.0. The Morgan fingerprint density at radius 2 is 1.70 bits per heavy atom. The quantitative estimate of drug-likeness (QED) is 0.238. The zero-order valence-electron chi connectivity index (χ0n) is 22.7. The zero-order chi connectivity index (χ0) is 29.8. The summed E-state index contributed by atoms with van der Waals surface area (Å²) in [7, 11) is 0. The zero-order valence-corrected chi connectivity index (χ0v) is 23.6. The van der Waals surface area contributed by atoms with E-state index >= 15 is 0 Å². The Bertz CT molecular complexity index is 2240. The number of anilines is 1. The van der Waals surface area contributed by atoms with Crippen molar-refractivity contribution < 1.29 is 13.2 Å². The number of halogens is 2. The van der Waals surface area contributed by atoms with Gasteiger partial charge in [0.2, 0.25) is 5.43 Å². The first-order chi connectivity index (χ1) is 20.8. The Labute approximate surface area is 246 Å². The van der Waals surface area contributed by atoms with Crippen LogP contribution in [-0.4, -0.2) is 29.9 Å². The molecule has 7 aromatic rings. The molecule has 43 heavy (non-hydrogen) atoms. The summed E-state index contributed by atoms with van der Waals surface area (Å²) in [5.41, 5.74) is 8.60. The van der Waals surface area contributed by atoms with E-state index in [4.69, 9.17) is 15.2 Å². The predicted molar refractivity (Wildman–Crippen MR) is 160 cm³/mol. The van der Waals surface area contributed by atoms with Crippen molar-refractivity contribution in [1.29, 1.82) is 0 Å². The second-order valence-corrected chi connectivity index (χ2v) is 11.1. The van der Waals surface area contributed by atoms with Crippen molar-refractivity contribution >= 4 is 39.2 Å². The second-order valence-electron chi connectivity index (χ2n) is 9.92. The molecule has 0 radical (unpaired) electrons. The van der Waals surface area contributed by atoms with Crippen LogP contribution in [0.5, 0.6) is 0 Å². The highest BCUT2D eigenvalue weighted by Crippen LogP contribution is 2.37. The number of rotatable bonds is 5. The molecule has 3 aromatic carbocycles. The number of fused-ring (bicyclic) bond motifs is 2. The van der Waals surface area contributed by atoms with E-state index < -0.39 is 23.1 Å². The molecule has 1 atom stereocenters. The van der Waals surface area contributed by atoms with Crippen molar-refractivity contribution in [2.45, 2.75) is 19.9 Å². The van der Waals surface area contributed by atoms with Crippen LogP contribution in [0.1, 0.15) is 23.7 Å². The summed E-state index contributed by atoms with van der Waals surface area (Å²) in [6, 6.07) is 16.6. The highest BCUT2D eigenvalue weighted by atomic mass is 32.1. The van der Waals surface area contributed by atoms with Gasteiger partial charge in [-0.1, -0.05) is 53.8 Å². The van der Waals surface area contributed by atoms with Gasteiger partial charge in [0, 0.05) is 11.1 Å². The van der Waals surface area contributed by atoms with E-state index in [1.165, 1.54) is 54.1 Å². The van der Waals surface area contributed by atoms with Crippen LogP contribution in [0.25, 0.3) is 55.0 Å². The van der Waals surface area contributed by atoms with Crippen molar-refractivity contribution in [3.8, 4) is 33.0 Å². The number of aryl methyl sites for hydroxylation is 1. The maximum atomic E-state index is 14.9.